The van der Waals surface area contributed by atoms with Crippen LogP contribution in [0.15, 0.2) is 42.6 Å². The van der Waals surface area contributed by atoms with E-state index in [-0.39, 0.29) is 11.5 Å². The fraction of sp³-hybridized carbons (Fsp3) is 0.235. The zero-order valence-corrected chi connectivity index (χ0v) is 12.8. The Hall–Kier alpha value is -2.96. The second-order valence-electron chi connectivity index (χ2n) is 5.68. The highest BCUT2D eigenvalue weighted by atomic mass is 19.1. The third kappa shape index (κ3) is 2.38. The van der Waals surface area contributed by atoms with Crippen LogP contribution in [0.2, 0.25) is 0 Å². The number of carbonyl (C=O) groups excluding carboxylic acids is 1. The Balaban J connectivity index is 1.81. The molecule has 7 heteroatoms. The van der Waals surface area contributed by atoms with E-state index in [1.165, 1.54) is 22.8 Å². The zero-order chi connectivity index (χ0) is 17.6. The molecule has 0 saturated carbocycles. The van der Waals surface area contributed by atoms with Crippen molar-refractivity contribution >= 4 is 17.4 Å². The summed E-state index contributed by atoms with van der Waals surface area (Å²) in [6.07, 6.45) is 2.72. The monoisotopic (exact) mass is 326 g/mol. The van der Waals surface area contributed by atoms with Gasteiger partial charge in [-0.05, 0) is 42.7 Å². The molecule has 6 nitrogen and oxygen atoms in total. The standard InChI is InChI=1S/C17H16FN5O/c18-12-4-1-3-11(9-12)13-5-2-8-22(13)16-7-6-15-20-10-14(17(19)24)23(15)21-16/h1,3-4,6-7,9-10,13H,2,5,8H2,(H2,19,24)/i13D. The van der Waals surface area contributed by atoms with Crippen molar-refractivity contribution in [1.82, 2.24) is 14.6 Å². The van der Waals surface area contributed by atoms with E-state index >= 15 is 0 Å². The summed E-state index contributed by atoms with van der Waals surface area (Å²) in [5, 5.41) is 4.45. The smallest absolute Gasteiger partial charge is 0.269 e. The van der Waals surface area contributed by atoms with Crippen molar-refractivity contribution in [2.45, 2.75) is 18.9 Å². The average Bonchev–Trinajstić information content (AvgIpc) is 3.18. The van der Waals surface area contributed by atoms with Gasteiger partial charge in [-0.15, -0.1) is 5.10 Å². The molecule has 0 radical (unpaired) electrons. The first kappa shape index (κ1) is 13.5. The SMILES string of the molecule is [2H]C1(c2cccc(F)c2)CCCN1c1ccc2ncc(C(N)=O)n2n1. The number of anilines is 1. The molecule has 0 bridgehead atoms. The molecular formula is C17H16FN5O. The van der Waals surface area contributed by atoms with E-state index in [4.69, 9.17) is 7.10 Å². The predicted octanol–water partition coefficient (Wildman–Crippen LogP) is 2.31. The van der Waals surface area contributed by atoms with Crippen molar-refractivity contribution in [3.05, 3.63) is 59.7 Å². The summed E-state index contributed by atoms with van der Waals surface area (Å²) >= 11 is 0. The number of fused-ring (bicyclic) bond motifs is 1. The lowest BCUT2D eigenvalue weighted by molar-refractivity contribution is 0.0993. The number of nitrogens with two attached hydrogens (primary N) is 1. The summed E-state index contributed by atoms with van der Waals surface area (Å²) < 4.78 is 23.9. The number of nitrogens with zero attached hydrogens (tertiary/aromatic N) is 4. The van der Waals surface area contributed by atoms with Gasteiger partial charge in [-0.1, -0.05) is 12.1 Å². The molecule has 1 aliphatic heterocycles. The van der Waals surface area contributed by atoms with Crippen molar-refractivity contribution in [2.75, 3.05) is 11.4 Å². The van der Waals surface area contributed by atoms with Crippen molar-refractivity contribution < 1.29 is 10.6 Å². The Morgan fingerprint density at radius 1 is 1.38 bits per heavy atom. The lowest BCUT2D eigenvalue weighted by atomic mass is 10.0. The van der Waals surface area contributed by atoms with E-state index in [0.717, 1.165) is 6.42 Å². The summed E-state index contributed by atoms with van der Waals surface area (Å²) in [7, 11) is 0. The molecule has 0 spiro atoms. The Morgan fingerprint density at radius 2 is 2.25 bits per heavy atom. The molecule has 2 aromatic heterocycles. The lowest BCUT2D eigenvalue weighted by Gasteiger charge is -2.26. The molecule has 2 N–H and O–H groups in total. The second kappa shape index (κ2) is 5.59. The fourth-order valence-corrected chi connectivity index (χ4v) is 3.07. The molecule has 0 aliphatic carbocycles. The van der Waals surface area contributed by atoms with Gasteiger partial charge in [0.25, 0.3) is 5.91 Å². The molecule has 4 rings (SSSR count). The number of carbonyl (C=O) groups is 1. The predicted molar refractivity (Wildman–Crippen MR) is 87.2 cm³/mol. The largest absolute Gasteiger partial charge is 0.364 e. The van der Waals surface area contributed by atoms with E-state index in [1.807, 2.05) is 4.90 Å². The van der Waals surface area contributed by atoms with E-state index < -0.39 is 11.9 Å². The number of imidazole rings is 1. The first-order chi connectivity index (χ1) is 12.0. The topological polar surface area (TPSA) is 76.5 Å². The molecule has 1 amide bonds. The highest BCUT2D eigenvalue weighted by Gasteiger charge is 2.28. The van der Waals surface area contributed by atoms with Crippen LogP contribution in [0.5, 0.6) is 0 Å². The maximum Gasteiger partial charge on any atom is 0.269 e. The Bertz CT molecular complexity index is 975. The van der Waals surface area contributed by atoms with Crippen LogP contribution in [0, 0.1) is 5.82 Å². The number of benzene rings is 1. The van der Waals surface area contributed by atoms with Crippen LogP contribution in [0.1, 0.15) is 36.3 Å². The molecule has 122 valence electrons. The van der Waals surface area contributed by atoms with Crippen LogP contribution >= 0.6 is 0 Å². The Kier molecular flexibility index (Phi) is 3.14. The highest BCUT2D eigenvalue weighted by molar-refractivity contribution is 5.91. The van der Waals surface area contributed by atoms with Crippen LogP contribution in [0.25, 0.3) is 5.65 Å². The summed E-state index contributed by atoms with van der Waals surface area (Å²) in [4.78, 5) is 17.4. The van der Waals surface area contributed by atoms with Gasteiger partial charge in [0.05, 0.1) is 13.6 Å². The van der Waals surface area contributed by atoms with Crippen molar-refractivity contribution in [1.29, 1.82) is 0 Å². The van der Waals surface area contributed by atoms with Crippen LogP contribution < -0.4 is 10.6 Å². The maximum atomic E-state index is 13.6. The molecule has 1 fully saturated rings. The van der Waals surface area contributed by atoms with Gasteiger partial charge in [0.1, 0.15) is 17.3 Å². The van der Waals surface area contributed by atoms with Crippen molar-refractivity contribution in [3.8, 4) is 0 Å². The minimum atomic E-state index is -1.11. The molecule has 1 atom stereocenters. The molecular weight excluding hydrogens is 309 g/mol. The minimum absolute atomic E-state index is 0.178. The molecule has 3 heterocycles. The first-order valence-electron chi connectivity index (χ1n) is 8.17. The van der Waals surface area contributed by atoms with Gasteiger partial charge in [0.15, 0.2) is 5.65 Å². The van der Waals surface area contributed by atoms with Crippen LogP contribution in [0.4, 0.5) is 10.2 Å². The summed E-state index contributed by atoms with van der Waals surface area (Å²) in [6.45, 7) is 0.610. The van der Waals surface area contributed by atoms with Gasteiger partial charge in [0.2, 0.25) is 0 Å². The molecule has 24 heavy (non-hydrogen) atoms. The fourth-order valence-electron chi connectivity index (χ4n) is 3.07. The van der Waals surface area contributed by atoms with Gasteiger partial charge >= 0.3 is 0 Å². The van der Waals surface area contributed by atoms with Gasteiger partial charge in [-0.25, -0.2) is 13.9 Å². The molecule has 3 aromatic rings. The quantitative estimate of drug-likeness (QED) is 0.801. The molecule has 1 saturated heterocycles. The third-order valence-electron chi connectivity index (χ3n) is 4.16. The van der Waals surface area contributed by atoms with E-state index in [0.29, 0.717) is 30.0 Å². The van der Waals surface area contributed by atoms with E-state index in [2.05, 4.69) is 10.1 Å². The number of halogens is 1. The normalized spacial score (nSPS) is 21.2. The zero-order valence-electron chi connectivity index (χ0n) is 13.8. The number of amides is 1. The molecule has 1 aliphatic rings. The number of primary amides is 1. The van der Waals surface area contributed by atoms with Gasteiger partial charge in [-0.3, -0.25) is 4.79 Å². The highest BCUT2D eigenvalue weighted by Crippen LogP contribution is 2.35. The molecule has 1 unspecified atom stereocenters. The Morgan fingerprint density at radius 3 is 3.04 bits per heavy atom. The summed E-state index contributed by atoms with van der Waals surface area (Å²) in [5.74, 6) is -0.476. The summed E-state index contributed by atoms with van der Waals surface area (Å²) in [6, 6.07) is 8.46. The number of hydrogen-bond acceptors (Lipinski definition) is 4. The first-order valence-corrected chi connectivity index (χ1v) is 7.67. The van der Waals surface area contributed by atoms with Crippen LogP contribution in [-0.4, -0.2) is 27.0 Å². The lowest BCUT2D eigenvalue weighted by Crippen LogP contribution is -2.25. The second-order valence-corrected chi connectivity index (χ2v) is 5.68. The van der Waals surface area contributed by atoms with Gasteiger partial charge in [-0.2, -0.15) is 0 Å². The van der Waals surface area contributed by atoms with E-state index in [1.54, 1.807) is 24.3 Å². The van der Waals surface area contributed by atoms with Crippen LogP contribution in [-0.2, 0) is 0 Å². The number of rotatable bonds is 3. The van der Waals surface area contributed by atoms with E-state index in [9.17, 15) is 9.18 Å². The van der Waals surface area contributed by atoms with Crippen LogP contribution in [0.3, 0.4) is 0 Å². The number of hydrogen-bond donors (Lipinski definition) is 1. The van der Waals surface area contributed by atoms with Crippen molar-refractivity contribution in [3.63, 3.8) is 0 Å². The maximum absolute atomic E-state index is 13.6. The van der Waals surface area contributed by atoms with Crippen molar-refractivity contribution in [2.24, 2.45) is 5.73 Å². The average molecular weight is 326 g/mol. The third-order valence-corrected chi connectivity index (χ3v) is 4.16. The number of aromatic nitrogens is 3. The molecule has 1 aromatic carbocycles. The Labute approximate surface area is 139 Å². The van der Waals surface area contributed by atoms with Gasteiger partial charge < -0.3 is 10.6 Å². The van der Waals surface area contributed by atoms with Gasteiger partial charge in [0, 0.05) is 6.54 Å². The summed E-state index contributed by atoms with van der Waals surface area (Å²) in [5.41, 5.74) is 6.61. The minimum Gasteiger partial charge on any atom is -0.364 e.